The summed E-state index contributed by atoms with van der Waals surface area (Å²) in [5.74, 6) is -0.276. The number of benzene rings is 1. The second kappa shape index (κ2) is 10.9. The quantitative estimate of drug-likeness (QED) is 0.407. The fourth-order valence-electron chi connectivity index (χ4n) is 4.96. The van der Waals surface area contributed by atoms with Gasteiger partial charge in [0, 0.05) is 63.0 Å². The number of aromatic amines is 1. The normalized spacial score (nSPS) is 17.1. The van der Waals surface area contributed by atoms with E-state index in [0.29, 0.717) is 11.4 Å². The molecule has 0 saturated carbocycles. The molecule has 0 spiro atoms. The molecule has 10 nitrogen and oxygen atoms in total. The van der Waals surface area contributed by atoms with Gasteiger partial charge in [0.2, 0.25) is 0 Å². The molecule has 1 aromatic carbocycles. The van der Waals surface area contributed by atoms with Crippen LogP contribution in [0.3, 0.4) is 0 Å². The molecule has 5 heterocycles. The maximum Gasteiger partial charge on any atom is 0.276 e. The van der Waals surface area contributed by atoms with Crippen molar-refractivity contribution in [2.24, 2.45) is 0 Å². The number of nitrogens with one attached hydrogen (secondary N) is 2. The van der Waals surface area contributed by atoms with Crippen molar-refractivity contribution in [2.45, 2.75) is 6.54 Å². The van der Waals surface area contributed by atoms with E-state index in [1.54, 1.807) is 6.20 Å². The molecule has 0 atom stereocenters. The third-order valence-electron chi connectivity index (χ3n) is 7.28. The SMILES string of the molecule is CN1CCN(Cc2ccc(NC(=O)c3n[nH]c4ccc(-c5cncc(N6CCOCC6)c5)cc34)cn2)CC1. The molecule has 6 rings (SSSR count). The lowest BCUT2D eigenvalue weighted by atomic mass is 10.0. The number of carbonyl (C=O) groups excluding carboxylic acids is 1. The molecule has 10 heteroatoms. The molecular formula is C28H32N8O2. The Morgan fingerprint density at radius 3 is 2.61 bits per heavy atom. The third-order valence-corrected chi connectivity index (χ3v) is 7.28. The monoisotopic (exact) mass is 512 g/mol. The zero-order valence-electron chi connectivity index (χ0n) is 21.6. The average Bonchev–Trinajstić information content (AvgIpc) is 3.39. The van der Waals surface area contributed by atoms with E-state index in [1.165, 1.54) is 0 Å². The summed E-state index contributed by atoms with van der Waals surface area (Å²) in [6.07, 6.45) is 5.45. The van der Waals surface area contributed by atoms with Gasteiger partial charge in [0.05, 0.1) is 48.2 Å². The summed E-state index contributed by atoms with van der Waals surface area (Å²) in [4.78, 5) is 29.2. The summed E-state index contributed by atoms with van der Waals surface area (Å²) in [5, 5.41) is 11.0. The molecule has 1 amide bonds. The standard InChI is InChI=1S/C28H32N8O2/c1-34-6-8-35(9-7-34)19-23-4-3-22(17-30-23)31-28(37)27-25-15-20(2-5-26(25)32-33-27)21-14-24(18-29-16-21)36-10-12-38-13-11-36/h2-5,14-18H,6-13,19H2,1H3,(H,31,37)(H,32,33). The Kier molecular flexibility index (Phi) is 7.00. The van der Waals surface area contributed by atoms with E-state index >= 15 is 0 Å². The molecule has 0 radical (unpaired) electrons. The van der Waals surface area contributed by atoms with Gasteiger partial charge in [0.15, 0.2) is 5.69 Å². The molecule has 2 aliphatic heterocycles. The van der Waals surface area contributed by atoms with E-state index in [2.05, 4.69) is 53.3 Å². The van der Waals surface area contributed by atoms with Crippen LogP contribution < -0.4 is 10.2 Å². The van der Waals surface area contributed by atoms with Gasteiger partial charge in [-0.15, -0.1) is 0 Å². The molecule has 4 aromatic rings. The van der Waals surface area contributed by atoms with Gasteiger partial charge in [-0.2, -0.15) is 5.10 Å². The minimum Gasteiger partial charge on any atom is -0.378 e. The number of fused-ring (bicyclic) bond motifs is 1. The van der Waals surface area contributed by atoms with Crippen LogP contribution in [0.15, 0.2) is 55.0 Å². The maximum absolute atomic E-state index is 13.2. The molecule has 2 fully saturated rings. The van der Waals surface area contributed by atoms with Crippen LogP contribution in [0.5, 0.6) is 0 Å². The van der Waals surface area contributed by atoms with Gasteiger partial charge in [-0.1, -0.05) is 6.07 Å². The van der Waals surface area contributed by atoms with Gasteiger partial charge >= 0.3 is 0 Å². The number of hydrogen-bond acceptors (Lipinski definition) is 8. The predicted octanol–water partition coefficient (Wildman–Crippen LogP) is 2.86. The molecule has 0 unspecified atom stereocenters. The number of likely N-dealkylation sites (N-methyl/N-ethyl adjacent to an activating group) is 1. The molecule has 2 N–H and O–H groups in total. The fourth-order valence-corrected chi connectivity index (χ4v) is 4.96. The van der Waals surface area contributed by atoms with Gasteiger partial charge in [-0.05, 0) is 42.9 Å². The number of H-pyrrole nitrogens is 1. The number of anilines is 2. The van der Waals surface area contributed by atoms with E-state index < -0.39 is 0 Å². The summed E-state index contributed by atoms with van der Waals surface area (Å²) in [6, 6.07) is 12.0. The summed E-state index contributed by atoms with van der Waals surface area (Å²) < 4.78 is 5.48. The van der Waals surface area contributed by atoms with Crippen molar-refractivity contribution in [1.82, 2.24) is 30.0 Å². The van der Waals surface area contributed by atoms with Crippen LogP contribution >= 0.6 is 0 Å². The van der Waals surface area contributed by atoms with E-state index in [1.807, 2.05) is 42.7 Å². The first-order valence-electron chi connectivity index (χ1n) is 13.1. The van der Waals surface area contributed by atoms with Crippen LogP contribution in [0.1, 0.15) is 16.2 Å². The van der Waals surface area contributed by atoms with E-state index in [9.17, 15) is 4.79 Å². The number of pyridine rings is 2. The van der Waals surface area contributed by atoms with Gasteiger partial charge < -0.3 is 19.9 Å². The highest BCUT2D eigenvalue weighted by atomic mass is 16.5. The lowest BCUT2D eigenvalue weighted by Crippen LogP contribution is -2.43. The lowest BCUT2D eigenvalue weighted by molar-refractivity contribution is 0.102. The molecule has 0 aliphatic carbocycles. The maximum atomic E-state index is 13.2. The molecular weight excluding hydrogens is 480 g/mol. The third kappa shape index (κ3) is 5.38. The summed E-state index contributed by atoms with van der Waals surface area (Å²) in [5.41, 5.74) is 5.83. The number of morpholine rings is 1. The van der Waals surface area contributed by atoms with Crippen LogP contribution in [-0.2, 0) is 11.3 Å². The van der Waals surface area contributed by atoms with Crippen LogP contribution in [0, 0.1) is 0 Å². The highest BCUT2D eigenvalue weighted by Gasteiger charge is 2.18. The topological polar surface area (TPSA) is 103 Å². The summed E-state index contributed by atoms with van der Waals surface area (Å²) in [7, 11) is 2.15. The van der Waals surface area contributed by atoms with E-state index in [0.717, 1.165) is 92.4 Å². The first-order valence-corrected chi connectivity index (χ1v) is 13.1. The number of amides is 1. The van der Waals surface area contributed by atoms with Crippen molar-refractivity contribution in [2.75, 3.05) is 69.7 Å². The zero-order valence-corrected chi connectivity index (χ0v) is 21.6. The number of hydrogen-bond donors (Lipinski definition) is 2. The molecule has 3 aromatic heterocycles. The second-order valence-corrected chi connectivity index (χ2v) is 9.94. The van der Waals surface area contributed by atoms with Crippen LogP contribution in [0.25, 0.3) is 22.0 Å². The number of aromatic nitrogens is 4. The Balaban J connectivity index is 1.16. The fraction of sp³-hybridized carbons (Fsp3) is 0.357. The number of rotatable bonds is 6. The van der Waals surface area contributed by atoms with Crippen LogP contribution in [0.2, 0.25) is 0 Å². The Morgan fingerprint density at radius 1 is 0.974 bits per heavy atom. The molecule has 196 valence electrons. The molecule has 38 heavy (non-hydrogen) atoms. The van der Waals surface area contributed by atoms with Gasteiger partial charge in [-0.25, -0.2) is 0 Å². The largest absolute Gasteiger partial charge is 0.378 e. The summed E-state index contributed by atoms with van der Waals surface area (Å²) in [6.45, 7) is 8.18. The predicted molar refractivity (Wildman–Crippen MR) is 147 cm³/mol. The Hall–Kier alpha value is -3.86. The van der Waals surface area contributed by atoms with Crippen molar-refractivity contribution in [1.29, 1.82) is 0 Å². The van der Waals surface area contributed by atoms with Crippen LogP contribution in [0.4, 0.5) is 11.4 Å². The van der Waals surface area contributed by atoms with Crippen molar-refractivity contribution in [3.05, 3.63) is 66.4 Å². The van der Waals surface area contributed by atoms with E-state index in [-0.39, 0.29) is 5.91 Å². The number of ether oxygens (including phenoxy) is 1. The first-order chi connectivity index (χ1) is 18.6. The molecule has 2 saturated heterocycles. The zero-order chi connectivity index (χ0) is 25.9. The van der Waals surface area contributed by atoms with Crippen LogP contribution in [-0.4, -0.2) is 95.4 Å². The Labute approximate surface area is 221 Å². The Morgan fingerprint density at radius 2 is 1.82 bits per heavy atom. The lowest BCUT2D eigenvalue weighted by Gasteiger charge is -2.32. The molecule has 2 aliphatic rings. The minimum absolute atomic E-state index is 0.276. The van der Waals surface area contributed by atoms with Crippen molar-refractivity contribution in [3.63, 3.8) is 0 Å². The highest BCUT2D eigenvalue weighted by Crippen LogP contribution is 2.28. The first kappa shape index (κ1) is 24.5. The van der Waals surface area contributed by atoms with Gasteiger partial charge in [0.1, 0.15) is 0 Å². The van der Waals surface area contributed by atoms with Gasteiger partial charge in [0.25, 0.3) is 5.91 Å². The van der Waals surface area contributed by atoms with Crippen molar-refractivity contribution < 1.29 is 9.53 Å². The average molecular weight is 513 g/mol. The summed E-state index contributed by atoms with van der Waals surface area (Å²) >= 11 is 0. The highest BCUT2D eigenvalue weighted by molar-refractivity contribution is 6.11. The second-order valence-electron chi connectivity index (χ2n) is 9.94. The Bertz CT molecular complexity index is 1410. The number of nitrogens with zero attached hydrogens (tertiary/aromatic N) is 6. The van der Waals surface area contributed by atoms with E-state index in [4.69, 9.17) is 4.74 Å². The molecule has 0 bridgehead atoms. The van der Waals surface area contributed by atoms with Crippen molar-refractivity contribution in [3.8, 4) is 11.1 Å². The van der Waals surface area contributed by atoms with Gasteiger partial charge in [-0.3, -0.25) is 24.8 Å². The smallest absolute Gasteiger partial charge is 0.276 e. The number of piperazine rings is 1. The van der Waals surface area contributed by atoms with Crippen molar-refractivity contribution >= 4 is 28.2 Å². The minimum atomic E-state index is -0.276. The number of carbonyl (C=O) groups is 1.